The fraction of sp³-hybridized carbons (Fsp3) is 0.571. The van der Waals surface area contributed by atoms with Crippen molar-refractivity contribution in [2.24, 2.45) is 0 Å². The van der Waals surface area contributed by atoms with E-state index in [9.17, 15) is 14.7 Å². The van der Waals surface area contributed by atoms with E-state index in [2.05, 4.69) is 5.32 Å². The first-order valence-corrected chi connectivity index (χ1v) is 7.24. The Morgan fingerprint density at radius 3 is 2.50 bits per heavy atom. The van der Waals surface area contributed by atoms with Crippen LogP contribution in [0.4, 0.5) is 0 Å². The van der Waals surface area contributed by atoms with E-state index in [4.69, 9.17) is 11.6 Å². The zero-order chi connectivity index (χ0) is 14.9. The SMILES string of the molecule is CCC(CC)(NC(=O)c1cc(Cl)cn1C1CC1)C(=O)O. The molecule has 2 N–H and O–H groups in total. The standard InChI is InChI=1S/C14H19ClN2O3/c1-3-14(4-2,13(19)20)16-12(18)11-7-9(15)8-17(11)10-5-6-10/h7-8,10H,3-6H2,1-2H3,(H,16,18)(H,19,20). The highest BCUT2D eigenvalue weighted by Crippen LogP contribution is 2.37. The first-order valence-electron chi connectivity index (χ1n) is 6.86. The van der Waals surface area contributed by atoms with Crippen molar-refractivity contribution < 1.29 is 14.7 Å². The summed E-state index contributed by atoms with van der Waals surface area (Å²) in [6, 6.07) is 1.90. The van der Waals surface area contributed by atoms with Gasteiger partial charge in [-0.1, -0.05) is 25.4 Å². The zero-order valence-electron chi connectivity index (χ0n) is 11.6. The van der Waals surface area contributed by atoms with Crippen LogP contribution < -0.4 is 5.32 Å². The largest absolute Gasteiger partial charge is 0.480 e. The summed E-state index contributed by atoms with van der Waals surface area (Å²) < 4.78 is 1.84. The number of aromatic nitrogens is 1. The van der Waals surface area contributed by atoms with Gasteiger partial charge < -0.3 is 15.0 Å². The lowest BCUT2D eigenvalue weighted by Gasteiger charge is -2.28. The molecule has 0 spiro atoms. The third-order valence-corrected chi connectivity index (χ3v) is 4.16. The van der Waals surface area contributed by atoms with E-state index in [1.807, 2.05) is 4.57 Å². The van der Waals surface area contributed by atoms with Gasteiger partial charge in [-0.05, 0) is 31.7 Å². The van der Waals surface area contributed by atoms with Crippen molar-refractivity contribution >= 4 is 23.5 Å². The smallest absolute Gasteiger partial charge is 0.329 e. The second-order valence-electron chi connectivity index (χ2n) is 5.23. The number of carbonyl (C=O) groups excluding carboxylic acids is 1. The number of nitrogens with zero attached hydrogens (tertiary/aromatic N) is 1. The van der Waals surface area contributed by atoms with Crippen LogP contribution in [0.3, 0.4) is 0 Å². The summed E-state index contributed by atoms with van der Waals surface area (Å²) in [5.74, 6) is -1.39. The van der Waals surface area contributed by atoms with Gasteiger partial charge in [-0.15, -0.1) is 0 Å². The second kappa shape index (κ2) is 5.48. The number of hydrogen-bond acceptors (Lipinski definition) is 2. The predicted molar refractivity (Wildman–Crippen MR) is 76.1 cm³/mol. The average molecular weight is 299 g/mol. The summed E-state index contributed by atoms with van der Waals surface area (Å²) in [5.41, 5.74) is -0.785. The van der Waals surface area contributed by atoms with E-state index in [-0.39, 0.29) is 5.91 Å². The number of carbonyl (C=O) groups is 2. The molecule has 0 atom stereocenters. The van der Waals surface area contributed by atoms with Crippen LogP contribution in [-0.4, -0.2) is 27.1 Å². The molecular weight excluding hydrogens is 280 g/mol. The summed E-state index contributed by atoms with van der Waals surface area (Å²) in [6.07, 6.45) is 4.45. The van der Waals surface area contributed by atoms with Crippen LogP contribution in [0.5, 0.6) is 0 Å². The quantitative estimate of drug-likeness (QED) is 0.848. The molecular formula is C14H19ClN2O3. The van der Waals surface area contributed by atoms with Crippen molar-refractivity contribution in [2.45, 2.75) is 51.1 Å². The number of halogens is 1. The fourth-order valence-corrected chi connectivity index (χ4v) is 2.55. The minimum Gasteiger partial charge on any atom is -0.480 e. The molecule has 6 heteroatoms. The molecule has 0 saturated heterocycles. The Hall–Kier alpha value is -1.49. The summed E-state index contributed by atoms with van der Waals surface area (Å²) in [5, 5.41) is 12.5. The molecule has 110 valence electrons. The highest BCUT2D eigenvalue weighted by molar-refractivity contribution is 6.31. The minimum absolute atomic E-state index is 0.311. The molecule has 1 aliphatic carbocycles. The Kier molecular flexibility index (Phi) is 4.09. The molecule has 0 aromatic carbocycles. The average Bonchev–Trinajstić information content (AvgIpc) is 3.18. The molecule has 0 unspecified atom stereocenters. The van der Waals surface area contributed by atoms with Crippen LogP contribution in [-0.2, 0) is 4.79 Å². The molecule has 1 heterocycles. The Labute approximate surface area is 122 Å². The van der Waals surface area contributed by atoms with E-state index in [1.165, 1.54) is 0 Å². The zero-order valence-corrected chi connectivity index (χ0v) is 12.4. The van der Waals surface area contributed by atoms with Crippen LogP contribution in [0, 0.1) is 0 Å². The first kappa shape index (κ1) is 14.9. The van der Waals surface area contributed by atoms with Gasteiger partial charge in [0.05, 0.1) is 5.02 Å². The van der Waals surface area contributed by atoms with Crippen molar-refractivity contribution in [2.75, 3.05) is 0 Å². The van der Waals surface area contributed by atoms with E-state index in [1.54, 1.807) is 26.1 Å². The molecule has 1 saturated carbocycles. The summed E-state index contributed by atoms with van der Waals surface area (Å²) >= 11 is 5.97. The van der Waals surface area contributed by atoms with E-state index >= 15 is 0 Å². The monoisotopic (exact) mass is 298 g/mol. The molecule has 1 fully saturated rings. The van der Waals surface area contributed by atoms with Crippen molar-refractivity contribution in [1.82, 2.24) is 9.88 Å². The second-order valence-corrected chi connectivity index (χ2v) is 5.67. The van der Waals surface area contributed by atoms with Gasteiger partial charge in [0, 0.05) is 12.2 Å². The lowest BCUT2D eigenvalue weighted by Crippen LogP contribution is -2.54. The molecule has 0 aliphatic heterocycles. The first-order chi connectivity index (χ1) is 9.43. The Balaban J connectivity index is 2.25. The molecule has 0 radical (unpaired) electrons. The van der Waals surface area contributed by atoms with Crippen LogP contribution in [0.1, 0.15) is 56.1 Å². The number of rotatable bonds is 6. The Morgan fingerprint density at radius 2 is 2.05 bits per heavy atom. The molecule has 20 heavy (non-hydrogen) atoms. The highest BCUT2D eigenvalue weighted by atomic mass is 35.5. The maximum atomic E-state index is 12.4. The summed E-state index contributed by atoms with van der Waals surface area (Å²) in [4.78, 5) is 23.8. The molecule has 1 aromatic rings. The summed E-state index contributed by atoms with van der Waals surface area (Å²) in [6.45, 7) is 3.51. The van der Waals surface area contributed by atoms with Gasteiger partial charge in [-0.3, -0.25) is 4.79 Å². The molecule has 5 nitrogen and oxygen atoms in total. The molecule has 0 bridgehead atoms. The summed E-state index contributed by atoms with van der Waals surface area (Å²) in [7, 11) is 0. The highest BCUT2D eigenvalue weighted by Gasteiger charge is 2.38. The Morgan fingerprint density at radius 1 is 1.45 bits per heavy atom. The van der Waals surface area contributed by atoms with Gasteiger partial charge in [0.15, 0.2) is 0 Å². The van der Waals surface area contributed by atoms with Gasteiger partial charge in [0.25, 0.3) is 5.91 Å². The van der Waals surface area contributed by atoms with Gasteiger partial charge in [0.2, 0.25) is 0 Å². The van der Waals surface area contributed by atoms with Crippen LogP contribution in [0.15, 0.2) is 12.3 Å². The number of carboxylic acids is 1. The molecule has 1 aromatic heterocycles. The minimum atomic E-state index is -1.22. The predicted octanol–water partition coefficient (Wildman–Crippen LogP) is 2.85. The van der Waals surface area contributed by atoms with Crippen LogP contribution in [0.2, 0.25) is 5.02 Å². The van der Waals surface area contributed by atoms with Gasteiger partial charge in [-0.25, -0.2) is 4.79 Å². The van der Waals surface area contributed by atoms with Crippen molar-refractivity contribution in [3.63, 3.8) is 0 Å². The van der Waals surface area contributed by atoms with Gasteiger partial charge >= 0.3 is 5.97 Å². The van der Waals surface area contributed by atoms with Crippen LogP contribution in [0.25, 0.3) is 0 Å². The third kappa shape index (κ3) is 2.68. The van der Waals surface area contributed by atoms with Crippen molar-refractivity contribution in [3.05, 3.63) is 23.0 Å². The van der Waals surface area contributed by atoms with E-state index in [0.717, 1.165) is 12.8 Å². The number of carboxylic acid groups (broad SMARTS) is 1. The number of aliphatic carboxylic acids is 1. The maximum Gasteiger partial charge on any atom is 0.329 e. The lowest BCUT2D eigenvalue weighted by molar-refractivity contribution is -0.144. The molecule has 1 aliphatic rings. The van der Waals surface area contributed by atoms with Crippen molar-refractivity contribution in [1.29, 1.82) is 0 Å². The molecule has 2 rings (SSSR count). The van der Waals surface area contributed by atoms with Crippen LogP contribution >= 0.6 is 11.6 Å². The number of nitrogens with one attached hydrogen (secondary N) is 1. The van der Waals surface area contributed by atoms with E-state index < -0.39 is 11.5 Å². The molecule has 1 amide bonds. The Bertz CT molecular complexity index is 531. The van der Waals surface area contributed by atoms with Gasteiger partial charge in [-0.2, -0.15) is 0 Å². The third-order valence-electron chi connectivity index (χ3n) is 3.96. The number of hydrogen-bond donors (Lipinski definition) is 2. The fourth-order valence-electron chi connectivity index (χ4n) is 2.35. The number of amides is 1. The van der Waals surface area contributed by atoms with E-state index in [0.29, 0.717) is 29.6 Å². The topological polar surface area (TPSA) is 71.3 Å². The maximum absolute atomic E-state index is 12.4. The van der Waals surface area contributed by atoms with Gasteiger partial charge in [0.1, 0.15) is 11.2 Å². The lowest BCUT2D eigenvalue weighted by atomic mass is 9.93. The van der Waals surface area contributed by atoms with Crippen molar-refractivity contribution in [3.8, 4) is 0 Å². The normalized spacial score (nSPS) is 15.2.